The van der Waals surface area contributed by atoms with Crippen molar-refractivity contribution in [1.29, 1.82) is 0 Å². The second-order valence-corrected chi connectivity index (χ2v) is 8.73. The molecule has 0 bridgehead atoms. The molecule has 2 aromatic rings. The van der Waals surface area contributed by atoms with Crippen LogP contribution in [0.1, 0.15) is 39.8 Å². The molecule has 172 valence electrons. The van der Waals surface area contributed by atoms with E-state index in [0.717, 1.165) is 6.42 Å². The van der Waals surface area contributed by atoms with Gasteiger partial charge in [0.2, 0.25) is 0 Å². The van der Waals surface area contributed by atoms with E-state index in [1.807, 2.05) is 0 Å². The van der Waals surface area contributed by atoms with Gasteiger partial charge in [-0.25, -0.2) is 19.3 Å². The Kier molecular flexibility index (Phi) is 5.12. The van der Waals surface area contributed by atoms with Crippen LogP contribution in [0, 0.1) is 0 Å². The van der Waals surface area contributed by atoms with Crippen LogP contribution >= 0.6 is 0 Å². The molecule has 3 aliphatic rings. The van der Waals surface area contributed by atoms with Gasteiger partial charge in [0, 0.05) is 12.8 Å². The van der Waals surface area contributed by atoms with Crippen molar-refractivity contribution >= 4 is 5.97 Å². The lowest BCUT2D eigenvalue weighted by molar-refractivity contribution is -0.205. The minimum atomic E-state index is -0.943. The SMILES string of the molecule is CC1(C)O[C@@H]2[C@H](O1)[C@@H](COC(=O)[C@]1(C)CCCO1)O[C@H]2n1ccc(-n2cncn2)nc1=O. The molecule has 0 aliphatic carbocycles. The summed E-state index contributed by atoms with van der Waals surface area (Å²) in [5.41, 5.74) is -1.48. The number of rotatable bonds is 5. The molecule has 5 rings (SSSR count). The first kappa shape index (κ1) is 21.2. The summed E-state index contributed by atoms with van der Waals surface area (Å²) in [5.74, 6) is -0.983. The van der Waals surface area contributed by atoms with Crippen LogP contribution in [0.2, 0.25) is 0 Å². The summed E-state index contributed by atoms with van der Waals surface area (Å²) in [6.45, 7) is 5.78. The summed E-state index contributed by atoms with van der Waals surface area (Å²) in [6, 6.07) is 1.63. The van der Waals surface area contributed by atoms with Crippen molar-refractivity contribution < 1.29 is 28.5 Å². The van der Waals surface area contributed by atoms with Gasteiger partial charge < -0.3 is 23.7 Å². The maximum absolute atomic E-state index is 12.8. The van der Waals surface area contributed by atoms with E-state index in [4.69, 9.17) is 23.7 Å². The van der Waals surface area contributed by atoms with Crippen molar-refractivity contribution in [1.82, 2.24) is 24.3 Å². The minimum absolute atomic E-state index is 0.0475. The number of hydrogen-bond acceptors (Lipinski definition) is 10. The molecule has 12 heteroatoms. The molecule has 0 saturated carbocycles. The van der Waals surface area contributed by atoms with Crippen molar-refractivity contribution in [2.45, 2.75) is 69.5 Å². The van der Waals surface area contributed by atoms with Gasteiger partial charge in [-0.3, -0.25) is 4.57 Å². The van der Waals surface area contributed by atoms with Crippen LogP contribution in [0.5, 0.6) is 0 Å². The van der Waals surface area contributed by atoms with Gasteiger partial charge in [-0.15, -0.1) is 0 Å². The maximum atomic E-state index is 12.8. The number of nitrogens with zero attached hydrogens (tertiary/aromatic N) is 5. The zero-order valence-electron chi connectivity index (χ0n) is 18.0. The zero-order chi connectivity index (χ0) is 22.5. The van der Waals surface area contributed by atoms with Crippen LogP contribution in [0.3, 0.4) is 0 Å². The summed E-state index contributed by atoms with van der Waals surface area (Å²) in [7, 11) is 0. The van der Waals surface area contributed by atoms with Gasteiger partial charge in [-0.2, -0.15) is 10.1 Å². The molecule has 12 nitrogen and oxygen atoms in total. The molecule has 0 N–H and O–H groups in total. The number of esters is 1. The number of carbonyl (C=O) groups is 1. The van der Waals surface area contributed by atoms with E-state index in [9.17, 15) is 9.59 Å². The number of ether oxygens (including phenoxy) is 5. The van der Waals surface area contributed by atoms with E-state index >= 15 is 0 Å². The van der Waals surface area contributed by atoms with Crippen molar-refractivity contribution in [3.63, 3.8) is 0 Å². The fourth-order valence-corrected chi connectivity index (χ4v) is 4.32. The smallest absolute Gasteiger partial charge is 0.351 e. The monoisotopic (exact) mass is 447 g/mol. The third-order valence-corrected chi connectivity index (χ3v) is 5.90. The number of aromatic nitrogens is 5. The summed E-state index contributed by atoms with van der Waals surface area (Å²) < 4.78 is 31.9. The van der Waals surface area contributed by atoms with Gasteiger partial charge in [0.05, 0.1) is 0 Å². The van der Waals surface area contributed by atoms with Crippen LogP contribution in [0.25, 0.3) is 5.82 Å². The maximum Gasteiger partial charge on any atom is 0.351 e. The quantitative estimate of drug-likeness (QED) is 0.592. The summed E-state index contributed by atoms with van der Waals surface area (Å²) in [4.78, 5) is 33.2. The van der Waals surface area contributed by atoms with E-state index in [-0.39, 0.29) is 6.61 Å². The Morgan fingerprint density at radius 2 is 2.09 bits per heavy atom. The zero-order valence-corrected chi connectivity index (χ0v) is 18.0. The van der Waals surface area contributed by atoms with E-state index in [2.05, 4.69) is 15.1 Å². The number of hydrogen-bond donors (Lipinski definition) is 0. The van der Waals surface area contributed by atoms with Crippen molar-refractivity contribution in [3.05, 3.63) is 35.4 Å². The van der Waals surface area contributed by atoms with Crippen LogP contribution in [0.15, 0.2) is 29.7 Å². The third-order valence-electron chi connectivity index (χ3n) is 5.90. The molecule has 2 aromatic heterocycles. The van der Waals surface area contributed by atoms with E-state index in [1.54, 1.807) is 33.0 Å². The molecule has 0 spiro atoms. The van der Waals surface area contributed by atoms with Crippen molar-refractivity contribution in [3.8, 4) is 5.82 Å². The first-order chi connectivity index (χ1) is 15.3. The molecule has 0 aromatic carbocycles. The Labute approximate surface area is 183 Å². The molecule has 5 heterocycles. The molecule has 3 aliphatic heterocycles. The van der Waals surface area contributed by atoms with E-state index in [0.29, 0.717) is 18.8 Å². The summed E-state index contributed by atoms with van der Waals surface area (Å²) in [6.07, 6.45) is 3.25. The first-order valence-electron chi connectivity index (χ1n) is 10.5. The Morgan fingerprint density at radius 3 is 2.78 bits per heavy atom. The van der Waals surface area contributed by atoms with Gasteiger partial charge in [-0.05, 0) is 39.7 Å². The molecule has 3 fully saturated rings. The summed E-state index contributed by atoms with van der Waals surface area (Å²) >= 11 is 0. The van der Waals surface area contributed by atoms with Gasteiger partial charge in [-0.1, -0.05) is 0 Å². The lowest BCUT2D eigenvalue weighted by atomic mass is 10.0. The molecular formula is C20H25N5O7. The Hall–Kier alpha value is -2.67. The molecule has 0 unspecified atom stereocenters. The highest BCUT2D eigenvalue weighted by atomic mass is 16.8. The van der Waals surface area contributed by atoms with Gasteiger partial charge in [0.15, 0.2) is 23.4 Å². The molecule has 32 heavy (non-hydrogen) atoms. The Morgan fingerprint density at radius 1 is 1.28 bits per heavy atom. The van der Waals surface area contributed by atoms with Gasteiger partial charge in [0.1, 0.15) is 37.6 Å². The highest BCUT2D eigenvalue weighted by molar-refractivity contribution is 5.79. The molecule has 5 atom stereocenters. The molecule has 0 radical (unpaired) electrons. The minimum Gasteiger partial charge on any atom is -0.461 e. The average Bonchev–Trinajstić information content (AvgIpc) is 3.52. The summed E-state index contributed by atoms with van der Waals surface area (Å²) in [5, 5.41) is 3.98. The number of carbonyl (C=O) groups excluding carboxylic acids is 1. The predicted octanol–water partition coefficient (Wildman–Crippen LogP) is 0.354. The highest BCUT2D eigenvalue weighted by Gasteiger charge is 2.56. The van der Waals surface area contributed by atoms with Gasteiger partial charge in [0.25, 0.3) is 0 Å². The molecular weight excluding hydrogens is 422 g/mol. The van der Waals surface area contributed by atoms with E-state index < -0.39 is 47.6 Å². The largest absolute Gasteiger partial charge is 0.461 e. The lowest BCUT2D eigenvalue weighted by Crippen LogP contribution is -2.40. The van der Waals surface area contributed by atoms with Crippen LogP contribution in [-0.4, -0.2) is 73.2 Å². The Bertz CT molecular complexity index is 1050. The normalized spacial score (nSPS) is 33.3. The fraction of sp³-hybridized carbons (Fsp3) is 0.650. The lowest BCUT2D eigenvalue weighted by Gasteiger charge is -2.26. The standard InChI is InChI=1S/C20H25N5O7/c1-19(2)31-14-12(9-28-17(26)20(3)6-4-8-29-20)30-16(15(14)32-19)24-7-5-13(23-18(24)27)25-11-21-10-22-25/h5,7,10-12,14-16H,4,6,8-9H2,1-3H3/t12-,14-,15-,16-,20+/m1/s1. The third kappa shape index (κ3) is 3.72. The number of fused-ring (bicyclic) bond motifs is 1. The Balaban J connectivity index is 1.35. The molecule has 3 saturated heterocycles. The highest BCUT2D eigenvalue weighted by Crippen LogP contribution is 2.42. The second kappa shape index (κ2) is 7.73. The fourth-order valence-electron chi connectivity index (χ4n) is 4.32. The first-order valence-corrected chi connectivity index (χ1v) is 10.5. The van der Waals surface area contributed by atoms with Gasteiger partial charge >= 0.3 is 11.7 Å². The van der Waals surface area contributed by atoms with E-state index in [1.165, 1.54) is 21.9 Å². The van der Waals surface area contributed by atoms with Crippen molar-refractivity contribution in [2.75, 3.05) is 13.2 Å². The van der Waals surface area contributed by atoms with Crippen LogP contribution < -0.4 is 5.69 Å². The van der Waals surface area contributed by atoms with Crippen molar-refractivity contribution in [2.24, 2.45) is 0 Å². The predicted molar refractivity (Wildman–Crippen MR) is 106 cm³/mol. The van der Waals surface area contributed by atoms with Crippen LogP contribution in [0.4, 0.5) is 0 Å². The van der Waals surface area contributed by atoms with Crippen LogP contribution in [-0.2, 0) is 28.5 Å². The topological polar surface area (TPSA) is 129 Å². The second-order valence-electron chi connectivity index (χ2n) is 8.73. The average molecular weight is 447 g/mol. The molecule has 0 amide bonds.